The largest absolute Gasteiger partial charge is 0.463 e. The minimum absolute atomic E-state index is 0.287. The molecule has 0 atom stereocenters. The Morgan fingerprint density at radius 1 is 1.39 bits per heavy atom. The van der Waals surface area contributed by atoms with Crippen LogP contribution in [0, 0.1) is 5.41 Å². The molecule has 0 radical (unpaired) electrons. The van der Waals surface area contributed by atoms with Crippen molar-refractivity contribution in [3.63, 3.8) is 0 Å². The zero-order valence-corrected chi connectivity index (χ0v) is 11.1. The van der Waals surface area contributed by atoms with Crippen LogP contribution in [0.1, 0.15) is 31.9 Å². The van der Waals surface area contributed by atoms with E-state index < -0.39 is 0 Å². The molecule has 0 fully saturated rings. The Labute approximate surface area is 108 Å². The molecule has 1 aromatic rings. The van der Waals surface area contributed by atoms with Crippen LogP contribution < -0.4 is 5.73 Å². The summed E-state index contributed by atoms with van der Waals surface area (Å²) in [6, 6.07) is 7.95. The third-order valence-corrected chi connectivity index (χ3v) is 3.37. The minimum atomic E-state index is -0.297. The van der Waals surface area contributed by atoms with Gasteiger partial charge in [-0.1, -0.05) is 38.1 Å². The third-order valence-electron chi connectivity index (χ3n) is 3.37. The lowest BCUT2D eigenvalue weighted by Crippen LogP contribution is -2.32. The summed E-state index contributed by atoms with van der Waals surface area (Å²) in [6.45, 7) is 6.23. The summed E-state index contributed by atoms with van der Waals surface area (Å²) in [5, 5.41) is 0. The van der Waals surface area contributed by atoms with Crippen molar-refractivity contribution < 1.29 is 9.53 Å². The predicted molar refractivity (Wildman–Crippen MR) is 71.7 cm³/mol. The van der Waals surface area contributed by atoms with Crippen LogP contribution in [0.15, 0.2) is 29.8 Å². The standard InChI is InChI=1S/C15H19NO2/c1-4-18-14(17)12-13(16)11-8-6-5-7-10(11)9-15(12,2)3/h5-8H,4,9,16H2,1-3H3. The summed E-state index contributed by atoms with van der Waals surface area (Å²) in [4.78, 5) is 12.1. The molecule has 0 aromatic heterocycles. The Morgan fingerprint density at radius 3 is 2.72 bits per heavy atom. The molecule has 0 saturated heterocycles. The fourth-order valence-electron chi connectivity index (χ4n) is 2.59. The van der Waals surface area contributed by atoms with Crippen LogP contribution >= 0.6 is 0 Å². The highest BCUT2D eigenvalue weighted by Gasteiger charge is 2.37. The van der Waals surface area contributed by atoms with Gasteiger partial charge in [0.2, 0.25) is 0 Å². The van der Waals surface area contributed by atoms with Gasteiger partial charge in [0.1, 0.15) is 0 Å². The molecule has 2 rings (SSSR count). The summed E-state index contributed by atoms with van der Waals surface area (Å²) < 4.78 is 5.13. The first-order valence-corrected chi connectivity index (χ1v) is 6.23. The van der Waals surface area contributed by atoms with Crippen molar-refractivity contribution in [1.29, 1.82) is 0 Å². The normalized spacial score (nSPS) is 17.3. The molecular formula is C15H19NO2. The fraction of sp³-hybridized carbons (Fsp3) is 0.400. The zero-order chi connectivity index (χ0) is 13.3. The lowest BCUT2D eigenvalue weighted by Gasteiger charge is -2.33. The molecule has 0 heterocycles. The summed E-state index contributed by atoms with van der Waals surface area (Å²) in [7, 11) is 0. The van der Waals surface area contributed by atoms with Crippen molar-refractivity contribution in [2.75, 3.05) is 6.61 Å². The number of ether oxygens (including phenoxy) is 1. The van der Waals surface area contributed by atoms with E-state index in [1.807, 2.05) is 32.0 Å². The van der Waals surface area contributed by atoms with E-state index in [4.69, 9.17) is 10.5 Å². The maximum Gasteiger partial charge on any atom is 0.336 e. The summed E-state index contributed by atoms with van der Waals surface area (Å²) in [6.07, 6.45) is 0.804. The Kier molecular flexibility index (Phi) is 3.16. The molecule has 1 aromatic carbocycles. The van der Waals surface area contributed by atoms with Crippen molar-refractivity contribution in [3.05, 3.63) is 41.0 Å². The van der Waals surface area contributed by atoms with E-state index in [1.54, 1.807) is 6.92 Å². The molecule has 1 aliphatic carbocycles. The van der Waals surface area contributed by atoms with Gasteiger partial charge < -0.3 is 10.5 Å². The van der Waals surface area contributed by atoms with E-state index in [1.165, 1.54) is 5.56 Å². The van der Waals surface area contributed by atoms with Crippen molar-refractivity contribution in [1.82, 2.24) is 0 Å². The van der Waals surface area contributed by atoms with Crippen molar-refractivity contribution in [3.8, 4) is 0 Å². The number of hydrogen-bond donors (Lipinski definition) is 1. The molecule has 0 bridgehead atoms. The van der Waals surface area contributed by atoms with Crippen molar-refractivity contribution in [2.45, 2.75) is 27.2 Å². The van der Waals surface area contributed by atoms with Crippen LogP contribution in [0.4, 0.5) is 0 Å². The van der Waals surface area contributed by atoms with Gasteiger partial charge in [0.05, 0.1) is 17.9 Å². The average molecular weight is 245 g/mol. The number of rotatable bonds is 2. The van der Waals surface area contributed by atoms with Gasteiger partial charge in [-0.25, -0.2) is 4.79 Å². The molecule has 18 heavy (non-hydrogen) atoms. The smallest absolute Gasteiger partial charge is 0.336 e. The second-order valence-electron chi connectivity index (χ2n) is 5.23. The van der Waals surface area contributed by atoms with Gasteiger partial charge in [0.15, 0.2) is 0 Å². The molecule has 0 unspecified atom stereocenters. The maximum absolute atomic E-state index is 12.1. The van der Waals surface area contributed by atoms with Crippen LogP contribution in [-0.4, -0.2) is 12.6 Å². The number of carbonyl (C=O) groups is 1. The maximum atomic E-state index is 12.1. The van der Waals surface area contributed by atoms with Crippen LogP contribution in [0.25, 0.3) is 5.70 Å². The molecule has 2 N–H and O–H groups in total. The SMILES string of the molecule is CCOC(=O)C1=C(N)c2ccccc2CC1(C)C. The van der Waals surface area contributed by atoms with Crippen LogP contribution in [-0.2, 0) is 16.0 Å². The molecule has 1 aliphatic rings. The quantitative estimate of drug-likeness (QED) is 0.814. The molecule has 0 amide bonds. The lowest BCUT2D eigenvalue weighted by molar-refractivity contribution is -0.139. The van der Waals surface area contributed by atoms with Gasteiger partial charge in [0.25, 0.3) is 0 Å². The minimum Gasteiger partial charge on any atom is -0.463 e. The number of fused-ring (bicyclic) bond motifs is 1. The van der Waals surface area contributed by atoms with Crippen molar-refractivity contribution >= 4 is 11.7 Å². The highest BCUT2D eigenvalue weighted by Crippen LogP contribution is 2.41. The summed E-state index contributed by atoms with van der Waals surface area (Å²) >= 11 is 0. The summed E-state index contributed by atoms with van der Waals surface area (Å²) in [5.74, 6) is -0.297. The van der Waals surface area contributed by atoms with Gasteiger partial charge in [-0.2, -0.15) is 0 Å². The molecular weight excluding hydrogens is 226 g/mol. The van der Waals surface area contributed by atoms with Gasteiger partial charge in [-0.05, 0) is 18.9 Å². The van der Waals surface area contributed by atoms with Gasteiger partial charge in [0, 0.05) is 11.0 Å². The second-order valence-corrected chi connectivity index (χ2v) is 5.23. The van der Waals surface area contributed by atoms with Crippen molar-refractivity contribution in [2.24, 2.45) is 11.1 Å². The van der Waals surface area contributed by atoms with E-state index >= 15 is 0 Å². The molecule has 3 heteroatoms. The number of esters is 1. The van der Waals surface area contributed by atoms with E-state index in [9.17, 15) is 4.79 Å². The van der Waals surface area contributed by atoms with Gasteiger partial charge in [-0.3, -0.25) is 0 Å². The number of benzene rings is 1. The highest BCUT2D eigenvalue weighted by atomic mass is 16.5. The molecule has 0 spiro atoms. The third kappa shape index (κ3) is 2.01. The number of hydrogen-bond acceptors (Lipinski definition) is 3. The lowest BCUT2D eigenvalue weighted by atomic mass is 9.72. The monoisotopic (exact) mass is 245 g/mol. The van der Waals surface area contributed by atoms with Crippen LogP contribution in [0.5, 0.6) is 0 Å². The highest BCUT2D eigenvalue weighted by molar-refractivity contribution is 5.99. The average Bonchev–Trinajstić information content (AvgIpc) is 2.28. The van der Waals surface area contributed by atoms with E-state index in [2.05, 4.69) is 6.07 Å². The Balaban J connectivity index is 2.57. The topological polar surface area (TPSA) is 52.3 Å². The molecule has 0 saturated carbocycles. The molecule has 0 aliphatic heterocycles. The molecule has 96 valence electrons. The van der Waals surface area contributed by atoms with E-state index in [0.717, 1.165) is 12.0 Å². The Morgan fingerprint density at radius 2 is 2.06 bits per heavy atom. The van der Waals surface area contributed by atoms with E-state index in [0.29, 0.717) is 17.9 Å². The first-order valence-electron chi connectivity index (χ1n) is 6.23. The Hall–Kier alpha value is -1.77. The second kappa shape index (κ2) is 4.48. The van der Waals surface area contributed by atoms with Gasteiger partial charge >= 0.3 is 5.97 Å². The fourth-order valence-corrected chi connectivity index (χ4v) is 2.59. The predicted octanol–water partition coefficient (Wildman–Crippen LogP) is 2.50. The van der Waals surface area contributed by atoms with Gasteiger partial charge in [-0.15, -0.1) is 0 Å². The van der Waals surface area contributed by atoms with Crippen LogP contribution in [0.2, 0.25) is 0 Å². The number of carbonyl (C=O) groups excluding carboxylic acids is 1. The molecule has 3 nitrogen and oxygen atoms in total. The number of nitrogens with two attached hydrogens (primary N) is 1. The van der Waals surface area contributed by atoms with Crippen LogP contribution in [0.3, 0.4) is 0 Å². The van der Waals surface area contributed by atoms with E-state index in [-0.39, 0.29) is 11.4 Å². The Bertz CT molecular complexity index is 515. The summed E-state index contributed by atoms with van der Waals surface area (Å²) in [5.41, 5.74) is 9.19. The first-order chi connectivity index (χ1) is 8.47. The first kappa shape index (κ1) is 12.7. The zero-order valence-electron chi connectivity index (χ0n) is 11.1.